The number of para-hydroxylation sites is 3. The minimum atomic E-state index is -3.05. The Morgan fingerprint density at radius 1 is 0.242 bits per heavy atom. The molecule has 0 saturated carbocycles. The Labute approximate surface area is 555 Å². The van der Waals surface area contributed by atoms with E-state index in [2.05, 4.69) is 369 Å². The number of benzene rings is 14. The maximum Gasteiger partial charge on any atom is 0.179 e. The molecule has 2 atom stereocenters. The van der Waals surface area contributed by atoms with Crippen LogP contribution in [0, 0.1) is 0 Å². The summed E-state index contributed by atoms with van der Waals surface area (Å²) in [5.74, 6) is 1.69. The maximum atomic E-state index is 5.79. The zero-order valence-corrected chi connectivity index (χ0v) is 54.1. The first-order valence-corrected chi connectivity index (χ1v) is 36.9. The van der Waals surface area contributed by atoms with Crippen LogP contribution in [0.5, 0.6) is 0 Å². The normalized spacial score (nSPS) is 13.9. The highest BCUT2D eigenvalue weighted by Gasteiger charge is 2.50. The molecule has 0 radical (unpaired) electrons. The molecule has 0 fully saturated rings. The van der Waals surface area contributed by atoms with Crippen molar-refractivity contribution in [3.05, 3.63) is 397 Å². The van der Waals surface area contributed by atoms with E-state index >= 15 is 0 Å². The van der Waals surface area contributed by atoms with Crippen LogP contribution in [-0.2, 0) is 0 Å². The summed E-state index contributed by atoms with van der Waals surface area (Å²) in [6.07, 6.45) is 0. The number of rotatable bonds is 13. The summed E-state index contributed by atoms with van der Waals surface area (Å²) in [6, 6.07) is 135. The van der Waals surface area contributed by atoms with Gasteiger partial charge < -0.3 is 4.57 Å². The lowest BCUT2D eigenvalue weighted by Crippen LogP contribution is -2.75. The van der Waals surface area contributed by atoms with Gasteiger partial charge >= 0.3 is 0 Å². The second kappa shape index (κ2) is 23.2. The van der Waals surface area contributed by atoms with E-state index in [4.69, 9.17) is 15.0 Å². The Bertz CT molecular complexity index is 5320. The molecule has 2 bridgehead atoms. The molecule has 3 aliphatic rings. The molecule has 6 heteroatoms. The first-order chi connectivity index (χ1) is 47.2. The van der Waals surface area contributed by atoms with E-state index in [0.29, 0.717) is 17.5 Å². The van der Waals surface area contributed by atoms with Crippen molar-refractivity contribution in [1.82, 2.24) is 19.5 Å². The molecule has 446 valence electrons. The number of hydrogen-bond acceptors (Lipinski definition) is 3. The van der Waals surface area contributed by atoms with Gasteiger partial charge in [0.25, 0.3) is 0 Å². The topological polar surface area (TPSA) is 43.6 Å². The third kappa shape index (κ3) is 8.83. The lowest BCUT2D eigenvalue weighted by Gasteiger charge is -2.47. The third-order valence-corrected chi connectivity index (χ3v) is 30.0. The number of nitrogens with zero attached hydrogens (tertiary/aromatic N) is 4. The molecule has 2 aromatic heterocycles. The molecular weight excluding hydrogens is 1180 g/mol. The quantitative estimate of drug-likeness (QED) is 0.0853. The Balaban J connectivity index is 0.885. The Morgan fingerprint density at radius 2 is 0.611 bits per heavy atom. The van der Waals surface area contributed by atoms with Crippen LogP contribution in [0.4, 0.5) is 0 Å². The Hall–Kier alpha value is -11.7. The summed E-state index contributed by atoms with van der Waals surface area (Å²) >= 11 is 0. The van der Waals surface area contributed by atoms with Crippen LogP contribution in [0.2, 0.25) is 0 Å². The van der Waals surface area contributed by atoms with Gasteiger partial charge in [-0.2, -0.15) is 0 Å². The molecule has 0 amide bonds. The van der Waals surface area contributed by atoms with Crippen molar-refractivity contribution in [2.24, 2.45) is 0 Å². The fourth-order valence-corrected chi connectivity index (χ4v) is 26.4. The van der Waals surface area contributed by atoms with Gasteiger partial charge in [0.1, 0.15) is 0 Å². The average Bonchev–Trinajstić information content (AvgIpc) is 1.22. The van der Waals surface area contributed by atoms with Crippen LogP contribution in [0.1, 0.15) is 45.2 Å². The number of fused-ring (bicyclic) bond motifs is 3. The lowest BCUT2D eigenvalue weighted by atomic mass is 9.60. The minimum Gasteiger partial charge on any atom is -0.309 e. The van der Waals surface area contributed by atoms with E-state index in [1.165, 1.54) is 91.2 Å². The predicted octanol–water partition coefficient (Wildman–Crippen LogP) is 15.4. The highest BCUT2D eigenvalue weighted by molar-refractivity contribution is 7.20. The fraction of sp³-hybridized carbons (Fsp3) is 0.0225. The monoisotopic (exact) mass is 1240 g/mol. The molecule has 3 aliphatic carbocycles. The van der Waals surface area contributed by atoms with Gasteiger partial charge in [-0.05, 0) is 110 Å². The van der Waals surface area contributed by atoms with E-state index in [1.54, 1.807) is 0 Å². The molecule has 2 unspecified atom stereocenters. The zero-order valence-electron chi connectivity index (χ0n) is 52.1. The summed E-state index contributed by atoms with van der Waals surface area (Å²) < 4.78 is 2.39. The largest absolute Gasteiger partial charge is 0.309 e. The van der Waals surface area contributed by atoms with E-state index in [-0.39, 0.29) is 11.8 Å². The maximum absolute atomic E-state index is 5.79. The van der Waals surface area contributed by atoms with Crippen LogP contribution in [-0.4, -0.2) is 35.7 Å². The predicted molar refractivity (Wildman–Crippen MR) is 398 cm³/mol. The first-order valence-electron chi connectivity index (χ1n) is 32.9. The van der Waals surface area contributed by atoms with Gasteiger partial charge in [0.05, 0.1) is 16.7 Å². The van der Waals surface area contributed by atoms with Crippen LogP contribution in [0.15, 0.2) is 364 Å². The molecule has 95 heavy (non-hydrogen) atoms. The second-order valence-electron chi connectivity index (χ2n) is 25.1. The summed E-state index contributed by atoms with van der Waals surface area (Å²) in [7, 11) is -6.04. The third-order valence-electron chi connectivity index (χ3n) is 20.4. The SMILES string of the molecule is c1ccc([Si](c2ccccc2)(c2ccccc2)c2cccc(-c3nc(-c4ccccc4-c4cccc5c4C4c6ccccc6C5c5cccc([Si](c6ccccc6)(c6ccccc6)c6ccccc6)c54)nc(-c4ccccc4-n4c5ccccc5c5ccccc54)n3)c2)cc1. The van der Waals surface area contributed by atoms with Gasteiger partial charge in [0.15, 0.2) is 33.6 Å². The summed E-state index contributed by atoms with van der Waals surface area (Å²) in [5, 5.41) is 13.0. The average molecular weight is 1240 g/mol. The van der Waals surface area contributed by atoms with Crippen LogP contribution >= 0.6 is 0 Å². The molecular formula is C89H62N4Si2. The van der Waals surface area contributed by atoms with Crippen molar-refractivity contribution in [3.63, 3.8) is 0 Å². The van der Waals surface area contributed by atoms with E-state index < -0.39 is 16.1 Å². The smallest absolute Gasteiger partial charge is 0.179 e. The van der Waals surface area contributed by atoms with Gasteiger partial charge in [-0.15, -0.1) is 0 Å². The van der Waals surface area contributed by atoms with Crippen molar-refractivity contribution in [2.45, 2.75) is 11.8 Å². The molecule has 0 N–H and O–H groups in total. The van der Waals surface area contributed by atoms with Crippen LogP contribution in [0.25, 0.3) is 72.8 Å². The molecule has 14 aromatic carbocycles. The number of aromatic nitrogens is 4. The first kappa shape index (κ1) is 56.1. The lowest BCUT2D eigenvalue weighted by molar-refractivity contribution is 0.760. The van der Waals surface area contributed by atoms with Gasteiger partial charge in [0.2, 0.25) is 0 Å². The highest BCUT2D eigenvalue weighted by atomic mass is 28.3. The highest BCUT2D eigenvalue weighted by Crippen LogP contribution is 2.58. The molecule has 0 aliphatic heterocycles. The van der Waals surface area contributed by atoms with Gasteiger partial charge in [0, 0.05) is 39.3 Å². The standard InChI is InChI=1S/C89H62N4Si2/c1-7-33-62(34-8-1)94(63-35-9-2-10-36-63,64-37-11-3-12-38-64)68-45-29-32-61(60-68)87-90-88(92-89(91-87)76-52-25-28-58-81(76)93-79-56-26-23-47-70(79)71-48-24-27-57-80(71)93)75-51-22-19-46-69(75)72-53-30-54-77-83-73-49-20-21-50-74(73)86(84(72)77)85-78(83)55-31-59-82(85)95(65-39-13-4-14-40-65,66-41-15-5-16-42-66)67-43-17-6-18-44-67/h1-60,83,86H. The minimum absolute atomic E-state index is 0.000571. The number of hydrogen-bond donors (Lipinski definition) is 0. The summed E-state index contributed by atoms with van der Waals surface area (Å²) in [5.41, 5.74) is 16.4. The van der Waals surface area contributed by atoms with Gasteiger partial charge in [-0.1, -0.05) is 340 Å². The Morgan fingerprint density at radius 3 is 1.16 bits per heavy atom. The molecule has 19 rings (SSSR count). The van der Waals surface area contributed by atoms with Crippen molar-refractivity contribution in [2.75, 3.05) is 0 Å². The van der Waals surface area contributed by atoms with Gasteiger partial charge in [-0.25, -0.2) is 15.0 Å². The molecule has 0 saturated heterocycles. The molecule has 16 aromatic rings. The van der Waals surface area contributed by atoms with E-state index in [0.717, 1.165) is 39.0 Å². The van der Waals surface area contributed by atoms with Crippen molar-refractivity contribution in [1.29, 1.82) is 0 Å². The Kier molecular flexibility index (Phi) is 13.7. The molecule has 0 spiro atoms. The van der Waals surface area contributed by atoms with Crippen LogP contribution < -0.4 is 41.5 Å². The van der Waals surface area contributed by atoms with Crippen molar-refractivity contribution >= 4 is 79.4 Å². The van der Waals surface area contributed by atoms with Crippen molar-refractivity contribution < 1.29 is 0 Å². The molecule has 2 heterocycles. The van der Waals surface area contributed by atoms with E-state index in [9.17, 15) is 0 Å². The van der Waals surface area contributed by atoms with Gasteiger partial charge in [-0.3, -0.25) is 0 Å². The summed E-state index contributed by atoms with van der Waals surface area (Å²) in [6.45, 7) is 0. The second-order valence-corrected chi connectivity index (χ2v) is 32.7. The fourth-order valence-electron chi connectivity index (χ4n) is 16.6. The van der Waals surface area contributed by atoms with Crippen molar-refractivity contribution in [3.8, 4) is 51.0 Å². The molecule has 4 nitrogen and oxygen atoms in total. The zero-order chi connectivity index (χ0) is 62.9. The summed E-state index contributed by atoms with van der Waals surface area (Å²) in [4.78, 5) is 17.3. The van der Waals surface area contributed by atoms with Crippen LogP contribution in [0.3, 0.4) is 0 Å². The van der Waals surface area contributed by atoms with E-state index in [1.807, 2.05) is 0 Å².